The molecule has 0 aromatic rings. The summed E-state index contributed by atoms with van der Waals surface area (Å²) in [5.41, 5.74) is 0.0533. The van der Waals surface area contributed by atoms with Crippen molar-refractivity contribution in [3.63, 3.8) is 0 Å². The largest absolute Gasteiger partial charge is 0.444 e. The van der Waals surface area contributed by atoms with Gasteiger partial charge in [-0.1, -0.05) is 23.3 Å². The number of imide groups is 2. The van der Waals surface area contributed by atoms with Crippen LogP contribution in [0.1, 0.15) is 122 Å². The molecule has 4 heterocycles. The smallest absolute Gasteiger partial charge is 0.414 e. The van der Waals surface area contributed by atoms with E-state index >= 15 is 0 Å². The zero-order chi connectivity index (χ0) is 57.7. The summed E-state index contributed by atoms with van der Waals surface area (Å²) in [4.78, 5) is 72.7. The lowest BCUT2D eigenvalue weighted by atomic mass is 9.68. The quantitative estimate of drug-likeness (QED) is 0.0323. The lowest BCUT2D eigenvalue weighted by Gasteiger charge is -2.42. The molecule has 6 rings (SSSR count). The first kappa shape index (κ1) is 65.4. The van der Waals surface area contributed by atoms with Gasteiger partial charge in [0.1, 0.15) is 63.9 Å². The van der Waals surface area contributed by atoms with Crippen LogP contribution in [-0.2, 0) is 57.0 Å². The van der Waals surface area contributed by atoms with Gasteiger partial charge in [0.2, 0.25) is 11.8 Å². The van der Waals surface area contributed by atoms with Crippen LogP contribution < -0.4 is 26.6 Å². The number of carbonyl (C=O) groups is 6. The Bertz CT molecular complexity index is 2080. The maximum Gasteiger partial charge on any atom is 0.414 e. The van der Waals surface area contributed by atoms with E-state index in [1.165, 1.54) is 11.1 Å². The molecule has 23 heteroatoms. The SMILES string of the molecule is CNCCNC(=O)OC(C)(C)C.COC1C(OC(=O)NC(=O)CCl)CC[C@]2(CO2)C1[C@]1(C)O[C@@H]1CC=C(C)C.COC1C(OC(=O)NC(=O)CN(C)CCNC(=O)OC(C)(C)C)CC[C@]2(CO2)C1[C@]1(C)O[C@@H]1CC=C(C)C. The van der Waals surface area contributed by atoms with Gasteiger partial charge in [-0.3, -0.25) is 25.1 Å². The van der Waals surface area contributed by atoms with E-state index in [0.717, 1.165) is 32.2 Å². The summed E-state index contributed by atoms with van der Waals surface area (Å²) in [6, 6.07) is 0. The molecular weight excluding hydrogens is 1020 g/mol. The molecule has 0 aromatic heterocycles. The molecule has 0 radical (unpaired) electrons. The third kappa shape index (κ3) is 19.9. The van der Waals surface area contributed by atoms with Gasteiger partial charge in [0.05, 0.1) is 43.8 Å². The molecule has 5 N–H and O–H groups in total. The Morgan fingerprint density at radius 3 is 1.40 bits per heavy atom. The maximum atomic E-state index is 12.6. The second-order valence-corrected chi connectivity index (χ2v) is 23.8. The van der Waals surface area contributed by atoms with Crippen molar-refractivity contribution >= 4 is 47.8 Å². The number of likely N-dealkylation sites (N-methyl/N-ethyl adjacent to an activating group) is 2. The summed E-state index contributed by atoms with van der Waals surface area (Å²) < 4.78 is 57.1. The molecule has 2 saturated carbocycles. The fraction of sp³-hybridized carbons (Fsp3) is 0.815. The molecule has 6 amide bonds. The highest BCUT2D eigenvalue weighted by atomic mass is 35.5. The van der Waals surface area contributed by atoms with Crippen LogP contribution in [-0.4, -0.2) is 191 Å². The first-order valence-corrected chi connectivity index (χ1v) is 27.2. The molecule has 2 spiro atoms. The Hall–Kier alpha value is -4.13. The summed E-state index contributed by atoms with van der Waals surface area (Å²) >= 11 is 5.42. The zero-order valence-electron chi connectivity index (χ0n) is 48.5. The van der Waals surface area contributed by atoms with Gasteiger partial charge in [0.25, 0.3) is 0 Å². The van der Waals surface area contributed by atoms with Crippen molar-refractivity contribution in [3.8, 4) is 0 Å². The predicted octanol–water partition coefficient (Wildman–Crippen LogP) is 6.06. The highest BCUT2D eigenvalue weighted by molar-refractivity contribution is 6.28. The third-order valence-corrected chi connectivity index (χ3v) is 14.5. The minimum atomic E-state index is -0.809. The topological polar surface area (TPSA) is 271 Å². The summed E-state index contributed by atoms with van der Waals surface area (Å²) in [5, 5.41) is 12.6. The van der Waals surface area contributed by atoms with Gasteiger partial charge < -0.3 is 63.3 Å². The number of epoxide rings is 4. The van der Waals surface area contributed by atoms with E-state index in [0.29, 0.717) is 45.7 Å². The number of carbonyl (C=O) groups excluding carboxylic acids is 6. The van der Waals surface area contributed by atoms with E-state index in [2.05, 4.69) is 80.3 Å². The lowest BCUT2D eigenvalue weighted by Crippen LogP contribution is -2.56. The van der Waals surface area contributed by atoms with Gasteiger partial charge in [-0.05, 0) is 136 Å². The van der Waals surface area contributed by atoms with Gasteiger partial charge >= 0.3 is 24.4 Å². The van der Waals surface area contributed by atoms with Crippen LogP contribution in [0.4, 0.5) is 19.2 Å². The standard InChI is InChI=1S/C27H45N3O8.C19H28ClNO6.C8H18N2O2/c1-17(2)9-10-19-26(6,37-19)22-21(34-8)18(11-12-27(22)16-35-27)36-24(33)29-20(31)15-30(7)14-13-28-23(32)38-25(3,4)5;1-11(2)5-6-13-18(3,27-13)16-15(24-4)12(7-8-19(16)10-25-19)26-17(23)21-14(22)9-20;1-8(2,3)12-7(11)10-6-5-9-4/h9,18-19,21-22H,10-16H2,1-8H3,(H,28,32)(H,29,31,33);5,12-13,15-16H,6-10H2,1-4H3,(H,21,22,23);9H,5-6H2,1-4H3,(H,10,11)/t18?,19-,21?,22?,26-,27+;12?,13-,15?,16?,18-,19+;/m11./s1. The number of alkyl halides is 1. The second kappa shape index (κ2) is 27.8. The number of amides is 6. The zero-order valence-corrected chi connectivity index (χ0v) is 49.3. The number of allylic oxidation sites excluding steroid dienone is 2. The van der Waals surface area contributed by atoms with Crippen molar-refractivity contribution in [2.45, 2.75) is 192 Å². The maximum absolute atomic E-state index is 12.6. The van der Waals surface area contributed by atoms with E-state index in [1.54, 1.807) is 46.9 Å². The normalized spacial score (nSPS) is 31.4. The Morgan fingerprint density at radius 2 is 1.05 bits per heavy atom. The molecule has 0 bridgehead atoms. The van der Waals surface area contributed by atoms with Crippen LogP contribution in [0, 0.1) is 11.8 Å². The summed E-state index contributed by atoms with van der Waals surface area (Å²) in [6.45, 7) is 26.6. The number of ether oxygens (including phenoxy) is 10. The van der Waals surface area contributed by atoms with Crippen molar-refractivity contribution in [3.05, 3.63) is 23.3 Å². The van der Waals surface area contributed by atoms with Gasteiger partial charge in [-0.15, -0.1) is 11.6 Å². The molecule has 6 fully saturated rings. The number of methoxy groups -OCH3 is 2. The van der Waals surface area contributed by atoms with E-state index in [4.69, 9.17) is 59.0 Å². The fourth-order valence-corrected chi connectivity index (χ4v) is 10.4. The van der Waals surface area contributed by atoms with E-state index < -0.39 is 70.8 Å². The number of halogens is 1. The van der Waals surface area contributed by atoms with Crippen LogP contribution >= 0.6 is 11.6 Å². The number of hydrogen-bond acceptors (Lipinski definition) is 18. The molecule has 77 heavy (non-hydrogen) atoms. The van der Waals surface area contributed by atoms with Crippen LogP contribution in [0.5, 0.6) is 0 Å². The van der Waals surface area contributed by atoms with Gasteiger partial charge in [0.15, 0.2) is 0 Å². The number of alkyl carbamates (subject to hydrolysis) is 4. The molecule has 22 nitrogen and oxygen atoms in total. The fourth-order valence-electron chi connectivity index (χ4n) is 10.4. The Kier molecular flexibility index (Phi) is 23.6. The highest BCUT2D eigenvalue weighted by Crippen LogP contribution is 2.61. The van der Waals surface area contributed by atoms with Gasteiger partial charge in [-0.2, -0.15) is 0 Å². The first-order chi connectivity index (χ1) is 35.9. The molecule has 440 valence electrons. The molecule has 6 unspecified atom stereocenters. The van der Waals surface area contributed by atoms with Crippen molar-refractivity contribution in [2.24, 2.45) is 11.8 Å². The average Bonchev–Trinajstić information content (AvgIpc) is 4.20. The Balaban J connectivity index is 0.000000284. The van der Waals surface area contributed by atoms with E-state index in [-0.39, 0.29) is 59.9 Å². The van der Waals surface area contributed by atoms with Crippen molar-refractivity contribution in [2.75, 3.05) is 80.1 Å². The van der Waals surface area contributed by atoms with Crippen molar-refractivity contribution in [1.82, 2.24) is 31.5 Å². The lowest BCUT2D eigenvalue weighted by molar-refractivity contribution is -0.126. The second-order valence-electron chi connectivity index (χ2n) is 23.6. The van der Waals surface area contributed by atoms with E-state index in [1.807, 2.05) is 27.8 Å². The van der Waals surface area contributed by atoms with Gasteiger partial charge in [-0.25, -0.2) is 19.2 Å². The molecule has 4 saturated heterocycles. The predicted molar refractivity (Wildman–Crippen MR) is 287 cm³/mol. The summed E-state index contributed by atoms with van der Waals surface area (Å²) in [7, 11) is 6.76. The molecule has 4 aliphatic heterocycles. The number of rotatable bonds is 19. The minimum absolute atomic E-state index is 0.0407. The first-order valence-electron chi connectivity index (χ1n) is 26.7. The highest BCUT2D eigenvalue weighted by Gasteiger charge is 2.73. The van der Waals surface area contributed by atoms with E-state index in [9.17, 15) is 28.8 Å². The van der Waals surface area contributed by atoms with Crippen LogP contribution in [0.25, 0.3) is 0 Å². The molecule has 12 atom stereocenters. The average molecular weight is 1120 g/mol. The van der Waals surface area contributed by atoms with Crippen LogP contribution in [0.3, 0.4) is 0 Å². The van der Waals surface area contributed by atoms with Crippen molar-refractivity contribution < 1.29 is 76.1 Å². The third-order valence-electron chi connectivity index (χ3n) is 14.2. The minimum Gasteiger partial charge on any atom is -0.444 e. The Labute approximate surface area is 461 Å². The molecule has 6 aliphatic rings. The summed E-state index contributed by atoms with van der Waals surface area (Å²) in [5.74, 6) is -1.55. The number of nitrogens with zero attached hydrogens (tertiary/aromatic N) is 1. The summed E-state index contributed by atoms with van der Waals surface area (Å²) in [6.07, 6.45) is 4.46. The molecule has 2 aliphatic carbocycles. The Morgan fingerprint density at radius 1 is 0.649 bits per heavy atom. The van der Waals surface area contributed by atoms with Crippen LogP contribution in [0.2, 0.25) is 0 Å². The molecule has 0 aromatic carbocycles. The number of nitrogens with one attached hydrogen (secondary N) is 5. The molecular formula is C54H91ClN6O16. The van der Waals surface area contributed by atoms with Crippen LogP contribution in [0.15, 0.2) is 23.3 Å². The number of hydrogen-bond donors (Lipinski definition) is 5. The monoisotopic (exact) mass is 1110 g/mol. The van der Waals surface area contributed by atoms with Gasteiger partial charge in [0, 0.05) is 40.4 Å². The van der Waals surface area contributed by atoms with Crippen molar-refractivity contribution in [1.29, 1.82) is 0 Å².